The molecule has 0 bridgehead atoms. The number of hydrogen-bond donors (Lipinski definition) is 2. The Balaban J connectivity index is 1.69. The molecule has 1 aromatic heterocycles. The predicted octanol–water partition coefficient (Wildman–Crippen LogP) is 0.905. The first-order valence-electron chi connectivity index (χ1n) is 6.04. The number of H-pyrrole nitrogens is 1. The van der Waals surface area contributed by atoms with E-state index in [1.807, 2.05) is 30.3 Å². The largest absolute Gasteiger partial charge is 0.345 e. The van der Waals surface area contributed by atoms with Gasteiger partial charge in [0, 0.05) is 24.4 Å². The van der Waals surface area contributed by atoms with E-state index in [0.717, 1.165) is 24.2 Å². The van der Waals surface area contributed by atoms with Gasteiger partial charge in [0.1, 0.15) is 12.2 Å². The highest BCUT2D eigenvalue weighted by Crippen LogP contribution is 1.94. The Morgan fingerprint density at radius 2 is 2.16 bits per heavy atom. The molecule has 0 aliphatic heterocycles. The number of rotatable bonds is 4. The lowest BCUT2D eigenvalue weighted by molar-refractivity contribution is -0.115. The topological polar surface area (TPSA) is 70.7 Å². The van der Waals surface area contributed by atoms with E-state index >= 15 is 0 Å². The van der Waals surface area contributed by atoms with Gasteiger partial charge in [0.25, 0.3) is 5.91 Å². The summed E-state index contributed by atoms with van der Waals surface area (Å²) in [5, 5.41) is 9.26. The molecule has 2 rings (SSSR count). The van der Waals surface area contributed by atoms with Crippen molar-refractivity contribution in [1.82, 2.24) is 20.5 Å². The van der Waals surface area contributed by atoms with Gasteiger partial charge in [-0.3, -0.25) is 9.89 Å². The van der Waals surface area contributed by atoms with Crippen molar-refractivity contribution in [1.29, 1.82) is 0 Å². The SMILES string of the molecule is O=C(C#Cc1ccccc1)NCCCc1ncn[nH]1. The van der Waals surface area contributed by atoms with Crippen LogP contribution in [0.25, 0.3) is 0 Å². The van der Waals surface area contributed by atoms with E-state index in [0.29, 0.717) is 6.54 Å². The molecule has 0 fully saturated rings. The molecule has 0 unspecified atom stereocenters. The molecule has 0 aliphatic carbocycles. The molecular weight excluding hydrogens is 240 g/mol. The fraction of sp³-hybridized carbons (Fsp3) is 0.214. The number of carbonyl (C=O) groups excluding carboxylic acids is 1. The van der Waals surface area contributed by atoms with E-state index in [4.69, 9.17) is 0 Å². The monoisotopic (exact) mass is 254 g/mol. The van der Waals surface area contributed by atoms with E-state index in [1.54, 1.807) is 0 Å². The van der Waals surface area contributed by atoms with Crippen molar-refractivity contribution in [3.63, 3.8) is 0 Å². The maximum absolute atomic E-state index is 11.5. The van der Waals surface area contributed by atoms with Gasteiger partial charge in [-0.05, 0) is 18.6 Å². The van der Waals surface area contributed by atoms with Crippen LogP contribution in [0.2, 0.25) is 0 Å². The lowest BCUT2D eigenvalue weighted by atomic mass is 10.2. The summed E-state index contributed by atoms with van der Waals surface area (Å²) in [6.45, 7) is 0.572. The standard InChI is InChI=1S/C14H14N4O/c19-14(9-8-12-5-2-1-3-6-12)15-10-4-7-13-16-11-17-18-13/h1-3,5-6,11H,4,7,10H2,(H,15,19)(H,16,17,18). The van der Waals surface area contributed by atoms with Gasteiger partial charge in [0.2, 0.25) is 0 Å². The number of nitrogens with one attached hydrogen (secondary N) is 2. The third-order valence-electron chi connectivity index (χ3n) is 2.43. The minimum atomic E-state index is -0.263. The molecule has 96 valence electrons. The van der Waals surface area contributed by atoms with Crippen LogP contribution in [0.15, 0.2) is 36.7 Å². The summed E-state index contributed by atoms with van der Waals surface area (Å²) in [7, 11) is 0. The third-order valence-corrected chi connectivity index (χ3v) is 2.43. The summed E-state index contributed by atoms with van der Waals surface area (Å²) in [5.74, 6) is 5.93. The zero-order chi connectivity index (χ0) is 13.3. The number of carbonyl (C=O) groups is 1. The van der Waals surface area contributed by atoms with E-state index in [9.17, 15) is 4.79 Å². The molecule has 1 aromatic carbocycles. The highest BCUT2D eigenvalue weighted by atomic mass is 16.1. The van der Waals surface area contributed by atoms with E-state index in [-0.39, 0.29) is 5.91 Å². The van der Waals surface area contributed by atoms with Gasteiger partial charge in [0.05, 0.1) is 0 Å². The quantitative estimate of drug-likeness (QED) is 0.629. The highest BCUT2D eigenvalue weighted by Gasteiger charge is 1.97. The average molecular weight is 254 g/mol. The summed E-state index contributed by atoms with van der Waals surface area (Å²) in [5.41, 5.74) is 0.833. The van der Waals surface area contributed by atoms with Crippen LogP contribution >= 0.6 is 0 Å². The molecule has 19 heavy (non-hydrogen) atoms. The van der Waals surface area contributed by atoms with Crippen LogP contribution in [0.5, 0.6) is 0 Å². The number of amides is 1. The van der Waals surface area contributed by atoms with Crippen molar-refractivity contribution in [2.45, 2.75) is 12.8 Å². The van der Waals surface area contributed by atoms with E-state index in [2.05, 4.69) is 32.3 Å². The molecule has 2 N–H and O–H groups in total. The summed E-state index contributed by atoms with van der Waals surface area (Å²) >= 11 is 0. The zero-order valence-electron chi connectivity index (χ0n) is 10.4. The van der Waals surface area contributed by atoms with Crippen molar-refractivity contribution in [2.24, 2.45) is 0 Å². The number of aromatic amines is 1. The highest BCUT2D eigenvalue weighted by molar-refractivity contribution is 5.94. The fourth-order valence-electron chi connectivity index (χ4n) is 1.50. The van der Waals surface area contributed by atoms with Crippen LogP contribution < -0.4 is 5.32 Å². The van der Waals surface area contributed by atoms with Crippen molar-refractivity contribution >= 4 is 5.91 Å². The molecule has 5 heteroatoms. The van der Waals surface area contributed by atoms with Crippen molar-refractivity contribution in [3.05, 3.63) is 48.0 Å². The molecule has 0 spiro atoms. The Labute approximate surface area is 111 Å². The Hall–Kier alpha value is -2.61. The Morgan fingerprint density at radius 3 is 2.89 bits per heavy atom. The lowest BCUT2D eigenvalue weighted by Gasteiger charge is -1.98. The second-order valence-corrected chi connectivity index (χ2v) is 3.91. The normalized spacial score (nSPS) is 9.47. The van der Waals surface area contributed by atoms with E-state index in [1.165, 1.54) is 6.33 Å². The van der Waals surface area contributed by atoms with Crippen molar-refractivity contribution in [3.8, 4) is 11.8 Å². The first-order valence-corrected chi connectivity index (χ1v) is 6.04. The minimum Gasteiger partial charge on any atom is -0.345 e. The summed E-state index contributed by atoms with van der Waals surface area (Å²) in [6.07, 6.45) is 3.03. The summed E-state index contributed by atoms with van der Waals surface area (Å²) < 4.78 is 0. The first kappa shape index (κ1) is 12.8. The number of hydrogen-bond acceptors (Lipinski definition) is 3. The van der Waals surface area contributed by atoms with E-state index < -0.39 is 0 Å². The zero-order valence-corrected chi connectivity index (χ0v) is 10.4. The minimum absolute atomic E-state index is 0.263. The maximum atomic E-state index is 11.5. The Kier molecular flexibility index (Phi) is 4.71. The van der Waals surface area contributed by atoms with Crippen LogP contribution in [-0.2, 0) is 11.2 Å². The van der Waals surface area contributed by atoms with Crippen LogP contribution in [0.1, 0.15) is 17.8 Å². The second-order valence-electron chi connectivity index (χ2n) is 3.91. The van der Waals surface area contributed by atoms with Gasteiger partial charge in [-0.15, -0.1) is 0 Å². The molecular formula is C14H14N4O. The molecule has 5 nitrogen and oxygen atoms in total. The number of aryl methyl sites for hydroxylation is 1. The van der Waals surface area contributed by atoms with Crippen LogP contribution in [0.3, 0.4) is 0 Å². The Morgan fingerprint density at radius 1 is 1.32 bits per heavy atom. The third kappa shape index (κ3) is 4.64. The average Bonchev–Trinajstić information content (AvgIpc) is 2.96. The molecule has 0 radical (unpaired) electrons. The van der Waals surface area contributed by atoms with Gasteiger partial charge >= 0.3 is 0 Å². The predicted molar refractivity (Wildman–Crippen MR) is 71.0 cm³/mol. The molecule has 1 amide bonds. The molecule has 2 aromatic rings. The van der Waals surface area contributed by atoms with Crippen LogP contribution in [0.4, 0.5) is 0 Å². The van der Waals surface area contributed by atoms with Crippen molar-refractivity contribution in [2.75, 3.05) is 6.54 Å². The molecule has 0 atom stereocenters. The smallest absolute Gasteiger partial charge is 0.296 e. The molecule has 0 saturated carbocycles. The molecule has 0 aliphatic rings. The van der Waals surface area contributed by atoms with Gasteiger partial charge in [-0.2, -0.15) is 5.10 Å². The van der Waals surface area contributed by atoms with Crippen LogP contribution in [0, 0.1) is 11.8 Å². The van der Waals surface area contributed by atoms with Gasteiger partial charge in [-0.1, -0.05) is 24.1 Å². The van der Waals surface area contributed by atoms with Gasteiger partial charge < -0.3 is 5.32 Å². The Bertz CT molecular complexity index is 566. The summed E-state index contributed by atoms with van der Waals surface area (Å²) in [6, 6.07) is 9.42. The summed E-state index contributed by atoms with van der Waals surface area (Å²) in [4.78, 5) is 15.5. The van der Waals surface area contributed by atoms with Crippen molar-refractivity contribution < 1.29 is 4.79 Å². The number of benzene rings is 1. The fourth-order valence-corrected chi connectivity index (χ4v) is 1.50. The maximum Gasteiger partial charge on any atom is 0.296 e. The molecule has 1 heterocycles. The van der Waals surface area contributed by atoms with Crippen LogP contribution in [-0.4, -0.2) is 27.6 Å². The number of nitrogens with zero attached hydrogens (tertiary/aromatic N) is 2. The van der Waals surface area contributed by atoms with Gasteiger partial charge in [0.15, 0.2) is 0 Å². The molecule has 0 saturated heterocycles. The number of aromatic nitrogens is 3. The second kappa shape index (κ2) is 6.97. The lowest BCUT2D eigenvalue weighted by Crippen LogP contribution is -2.23. The van der Waals surface area contributed by atoms with Gasteiger partial charge in [-0.25, -0.2) is 4.98 Å². The first-order chi connectivity index (χ1) is 9.34.